The summed E-state index contributed by atoms with van der Waals surface area (Å²) in [5, 5.41) is 0. The van der Waals surface area contributed by atoms with Gasteiger partial charge in [0.05, 0.1) is 12.7 Å². The third-order valence-electron chi connectivity index (χ3n) is 3.37. The Hall–Kier alpha value is -1.93. The minimum Gasteiger partial charge on any atom is -0.369 e. The molecule has 1 aliphatic rings. The molecule has 0 N–H and O–H groups in total. The molecule has 0 fully saturated rings. The second-order valence-electron chi connectivity index (χ2n) is 4.73. The first-order valence-electron chi connectivity index (χ1n) is 6.43. The molecule has 1 heterocycles. The lowest BCUT2D eigenvalue weighted by Crippen LogP contribution is -2.19. The van der Waals surface area contributed by atoms with Crippen molar-refractivity contribution in [3.63, 3.8) is 0 Å². The number of ether oxygens (including phenoxy) is 1. The fourth-order valence-electron chi connectivity index (χ4n) is 2.29. The summed E-state index contributed by atoms with van der Waals surface area (Å²) in [6.07, 6.45) is 5.02. The zero-order valence-electron chi connectivity index (χ0n) is 10.6. The molecule has 0 spiro atoms. The lowest BCUT2D eigenvalue weighted by Gasteiger charge is -2.22. The van der Waals surface area contributed by atoms with Crippen molar-refractivity contribution >= 4 is 6.08 Å². The van der Waals surface area contributed by atoms with Gasteiger partial charge in [0.2, 0.25) is 0 Å². The smallest absolute Gasteiger partial charge is 0.123 e. The van der Waals surface area contributed by atoms with Gasteiger partial charge in [0.1, 0.15) is 5.82 Å². The second kappa shape index (κ2) is 5.37. The molecule has 1 nitrogen and oxygen atoms in total. The van der Waals surface area contributed by atoms with Crippen molar-refractivity contribution in [2.24, 2.45) is 0 Å². The first-order chi connectivity index (χ1) is 9.31. The average molecular weight is 254 g/mol. The van der Waals surface area contributed by atoms with Crippen molar-refractivity contribution in [3.8, 4) is 0 Å². The molecule has 19 heavy (non-hydrogen) atoms. The Morgan fingerprint density at radius 1 is 1.00 bits per heavy atom. The van der Waals surface area contributed by atoms with Crippen LogP contribution < -0.4 is 0 Å². The van der Waals surface area contributed by atoms with Gasteiger partial charge in [0.25, 0.3) is 0 Å². The predicted octanol–water partition coefficient (Wildman–Crippen LogP) is 3.98. The summed E-state index contributed by atoms with van der Waals surface area (Å²) in [6, 6.07) is 14.8. The van der Waals surface area contributed by atoms with Crippen molar-refractivity contribution in [3.05, 3.63) is 77.1 Å². The zero-order valence-corrected chi connectivity index (χ0v) is 10.6. The van der Waals surface area contributed by atoms with Crippen LogP contribution in [-0.4, -0.2) is 6.10 Å². The number of hydrogen-bond donors (Lipinski definition) is 0. The molecular formula is C17H15FO. The van der Waals surface area contributed by atoms with Gasteiger partial charge in [0, 0.05) is 6.42 Å². The van der Waals surface area contributed by atoms with Gasteiger partial charge in [0.15, 0.2) is 0 Å². The van der Waals surface area contributed by atoms with Crippen molar-refractivity contribution in [1.29, 1.82) is 0 Å². The van der Waals surface area contributed by atoms with Crippen molar-refractivity contribution in [1.82, 2.24) is 0 Å². The molecule has 2 aromatic carbocycles. The van der Waals surface area contributed by atoms with E-state index in [1.165, 1.54) is 23.3 Å². The van der Waals surface area contributed by atoms with E-state index < -0.39 is 0 Å². The van der Waals surface area contributed by atoms with E-state index in [0.29, 0.717) is 6.61 Å². The van der Waals surface area contributed by atoms with Crippen LogP contribution in [0.4, 0.5) is 4.39 Å². The number of benzene rings is 2. The number of fused-ring (bicyclic) bond motifs is 1. The van der Waals surface area contributed by atoms with Gasteiger partial charge in [-0.2, -0.15) is 0 Å². The molecule has 3 rings (SSSR count). The van der Waals surface area contributed by atoms with Crippen LogP contribution in [0.3, 0.4) is 0 Å². The molecule has 0 radical (unpaired) electrons. The molecule has 0 saturated heterocycles. The molecule has 0 amide bonds. The summed E-state index contributed by atoms with van der Waals surface area (Å²) in [5.74, 6) is -0.208. The van der Waals surface area contributed by atoms with Crippen molar-refractivity contribution < 1.29 is 9.13 Å². The minimum absolute atomic E-state index is 0.0972. The van der Waals surface area contributed by atoms with E-state index in [-0.39, 0.29) is 11.9 Å². The van der Waals surface area contributed by atoms with Gasteiger partial charge < -0.3 is 4.74 Å². The number of rotatable bonds is 2. The van der Waals surface area contributed by atoms with Crippen molar-refractivity contribution in [2.45, 2.75) is 19.1 Å². The summed E-state index contributed by atoms with van der Waals surface area (Å²) >= 11 is 0. The molecule has 0 saturated carbocycles. The highest BCUT2D eigenvalue weighted by Crippen LogP contribution is 2.21. The highest BCUT2D eigenvalue weighted by Gasteiger charge is 2.15. The average Bonchev–Trinajstić information content (AvgIpc) is 2.46. The van der Waals surface area contributed by atoms with Crippen molar-refractivity contribution in [2.75, 3.05) is 0 Å². The molecule has 1 atom stereocenters. The summed E-state index contributed by atoms with van der Waals surface area (Å²) in [4.78, 5) is 0. The highest BCUT2D eigenvalue weighted by molar-refractivity contribution is 5.49. The van der Waals surface area contributed by atoms with E-state index in [2.05, 4.69) is 18.2 Å². The van der Waals surface area contributed by atoms with E-state index in [0.717, 1.165) is 12.0 Å². The molecular weight excluding hydrogens is 239 g/mol. The predicted molar refractivity (Wildman–Crippen MR) is 74.2 cm³/mol. The van der Waals surface area contributed by atoms with Crippen LogP contribution in [-0.2, 0) is 17.8 Å². The molecule has 1 aliphatic heterocycles. The zero-order chi connectivity index (χ0) is 13.1. The Kier molecular flexibility index (Phi) is 3.43. The lowest BCUT2D eigenvalue weighted by atomic mass is 9.98. The molecule has 0 aliphatic carbocycles. The second-order valence-corrected chi connectivity index (χ2v) is 4.73. The Balaban J connectivity index is 1.70. The Bertz CT molecular complexity index is 586. The van der Waals surface area contributed by atoms with Crippen LogP contribution in [0, 0.1) is 5.82 Å². The molecule has 2 heteroatoms. The van der Waals surface area contributed by atoms with Gasteiger partial charge in [-0.1, -0.05) is 48.6 Å². The van der Waals surface area contributed by atoms with Crippen LogP contribution in [0.1, 0.15) is 16.7 Å². The maximum absolute atomic E-state index is 12.8. The molecule has 0 bridgehead atoms. The maximum atomic E-state index is 12.8. The molecule has 96 valence electrons. The lowest BCUT2D eigenvalue weighted by molar-refractivity contribution is 0.0600. The maximum Gasteiger partial charge on any atom is 0.123 e. The largest absolute Gasteiger partial charge is 0.369 e. The first-order valence-corrected chi connectivity index (χ1v) is 6.43. The van der Waals surface area contributed by atoms with Crippen LogP contribution in [0.2, 0.25) is 0 Å². The van der Waals surface area contributed by atoms with Gasteiger partial charge >= 0.3 is 0 Å². The standard InChI is InChI=1S/C17H15FO/c18-16-8-5-13(6-9-16)7-10-17-11-14-3-1-2-4-15(14)12-19-17/h1-10,17H,11-12H2/b10-7+/t17-/m1/s1. The Labute approximate surface area is 112 Å². The normalized spacial score (nSPS) is 18.5. The fraction of sp³-hybridized carbons (Fsp3) is 0.176. The third-order valence-corrected chi connectivity index (χ3v) is 3.37. The summed E-state index contributed by atoms with van der Waals surface area (Å²) < 4.78 is 18.6. The van der Waals surface area contributed by atoms with Crippen LogP contribution in [0.15, 0.2) is 54.6 Å². The fourth-order valence-corrected chi connectivity index (χ4v) is 2.29. The SMILES string of the molecule is Fc1ccc(/C=C/[C@@H]2Cc3ccccc3CO2)cc1. The monoisotopic (exact) mass is 254 g/mol. The van der Waals surface area contributed by atoms with Crippen LogP contribution in [0.5, 0.6) is 0 Å². The topological polar surface area (TPSA) is 9.23 Å². The number of halogens is 1. The minimum atomic E-state index is -0.208. The van der Waals surface area contributed by atoms with Gasteiger partial charge in [-0.05, 0) is 28.8 Å². The third kappa shape index (κ3) is 2.91. The van der Waals surface area contributed by atoms with Gasteiger partial charge in [-0.25, -0.2) is 4.39 Å². The van der Waals surface area contributed by atoms with Crippen LogP contribution in [0.25, 0.3) is 6.08 Å². The van der Waals surface area contributed by atoms with E-state index in [1.54, 1.807) is 12.1 Å². The quantitative estimate of drug-likeness (QED) is 0.787. The first kappa shape index (κ1) is 12.1. The van der Waals surface area contributed by atoms with E-state index in [9.17, 15) is 4.39 Å². The summed E-state index contributed by atoms with van der Waals surface area (Å²) in [5.41, 5.74) is 3.61. The molecule has 0 unspecified atom stereocenters. The van der Waals surface area contributed by atoms with E-state index in [1.807, 2.05) is 18.2 Å². The Morgan fingerprint density at radius 2 is 1.74 bits per heavy atom. The van der Waals surface area contributed by atoms with Crippen LogP contribution >= 0.6 is 0 Å². The highest BCUT2D eigenvalue weighted by atomic mass is 19.1. The van der Waals surface area contributed by atoms with E-state index >= 15 is 0 Å². The molecule has 0 aromatic heterocycles. The summed E-state index contributed by atoms with van der Waals surface area (Å²) in [6.45, 7) is 0.661. The molecule has 2 aromatic rings. The number of hydrogen-bond acceptors (Lipinski definition) is 1. The van der Waals surface area contributed by atoms with Gasteiger partial charge in [-0.15, -0.1) is 0 Å². The summed E-state index contributed by atoms with van der Waals surface area (Å²) in [7, 11) is 0. The Morgan fingerprint density at radius 3 is 2.53 bits per heavy atom. The van der Waals surface area contributed by atoms with Gasteiger partial charge in [-0.3, -0.25) is 0 Å². The van der Waals surface area contributed by atoms with E-state index in [4.69, 9.17) is 4.74 Å².